The number of thiazole rings is 1. The van der Waals surface area contributed by atoms with Crippen molar-refractivity contribution in [1.29, 1.82) is 0 Å². The fourth-order valence-electron chi connectivity index (χ4n) is 1.40. The van der Waals surface area contributed by atoms with Crippen LogP contribution in [0.1, 0.15) is 48.1 Å². The lowest BCUT2D eigenvalue weighted by molar-refractivity contribution is -0.0142. The predicted octanol–water partition coefficient (Wildman–Crippen LogP) is 2.93. The standard InChI is InChI=1S/C11H17NO2S/c1-6-14-11(4,5)10-12-7(2)9(15-10)8(3)13/h6H2,1-5H3. The second-order valence-electron chi connectivity index (χ2n) is 3.93. The van der Waals surface area contributed by atoms with Crippen LogP contribution in [-0.4, -0.2) is 17.4 Å². The average Bonchev–Trinajstić information content (AvgIpc) is 2.47. The number of aromatic nitrogens is 1. The minimum absolute atomic E-state index is 0.0727. The molecular weight excluding hydrogens is 210 g/mol. The molecule has 0 aliphatic heterocycles. The number of nitrogens with zero attached hydrogens (tertiary/aromatic N) is 1. The summed E-state index contributed by atoms with van der Waals surface area (Å²) in [4.78, 5) is 16.4. The maximum absolute atomic E-state index is 11.3. The van der Waals surface area contributed by atoms with Gasteiger partial charge in [-0.05, 0) is 27.7 Å². The predicted molar refractivity (Wildman–Crippen MR) is 61.5 cm³/mol. The summed E-state index contributed by atoms with van der Waals surface area (Å²) in [5, 5.41) is 0.868. The zero-order valence-corrected chi connectivity index (χ0v) is 10.7. The highest BCUT2D eigenvalue weighted by atomic mass is 32.1. The van der Waals surface area contributed by atoms with Gasteiger partial charge in [-0.2, -0.15) is 0 Å². The molecule has 15 heavy (non-hydrogen) atoms. The summed E-state index contributed by atoms with van der Waals surface area (Å²) < 4.78 is 5.60. The molecule has 0 amide bonds. The van der Waals surface area contributed by atoms with Crippen molar-refractivity contribution < 1.29 is 9.53 Å². The molecule has 0 saturated heterocycles. The molecule has 0 fully saturated rings. The molecule has 0 aliphatic rings. The smallest absolute Gasteiger partial charge is 0.171 e. The summed E-state index contributed by atoms with van der Waals surface area (Å²) in [7, 11) is 0. The van der Waals surface area contributed by atoms with Crippen LogP contribution in [0.5, 0.6) is 0 Å². The lowest BCUT2D eigenvalue weighted by Gasteiger charge is -2.21. The highest BCUT2D eigenvalue weighted by molar-refractivity contribution is 7.14. The van der Waals surface area contributed by atoms with Gasteiger partial charge in [-0.15, -0.1) is 11.3 Å². The van der Waals surface area contributed by atoms with Gasteiger partial charge < -0.3 is 4.74 Å². The lowest BCUT2D eigenvalue weighted by atomic mass is 10.1. The Morgan fingerprint density at radius 1 is 1.53 bits per heavy atom. The topological polar surface area (TPSA) is 39.2 Å². The number of rotatable bonds is 4. The number of ether oxygens (including phenoxy) is 1. The molecule has 4 heteroatoms. The molecule has 1 heterocycles. The number of Topliss-reactive ketones (excluding diaryl/α,β-unsaturated/α-hetero) is 1. The van der Waals surface area contributed by atoms with Gasteiger partial charge >= 0.3 is 0 Å². The summed E-state index contributed by atoms with van der Waals surface area (Å²) in [6.45, 7) is 9.96. The van der Waals surface area contributed by atoms with Crippen LogP contribution in [0, 0.1) is 6.92 Å². The summed E-state index contributed by atoms with van der Waals surface area (Å²) >= 11 is 1.43. The van der Waals surface area contributed by atoms with Gasteiger partial charge in [-0.25, -0.2) is 4.98 Å². The summed E-state index contributed by atoms with van der Waals surface area (Å²) in [6, 6.07) is 0. The first-order valence-corrected chi connectivity index (χ1v) is 5.83. The average molecular weight is 227 g/mol. The van der Waals surface area contributed by atoms with Gasteiger partial charge in [-0.3, -0.25) is 4.79 Å². The van der Waals surface area contributed by atoms with Crippen molar-refractivity contribution in [3.05, 3.63) is 15.6 Å². The van der Waals surface area contributed by atoms with E-state index in [-0.39, 0.29) is 5.78 Å². The van der Waals surface area contributed by atoms with Crippen molar-refractivity contribution in [3.8, 4) is 0 Å². The van der Waals surface area contributed by atoms with Crippen molar-refractivity contribution in [2.24, 2.45) is 0 Å². The minimum Gasteiger partial charge on any atom is -0.369 e. The largest absolute Gasteiger partial charge is 0.369 e. The first kappa shape index (κ1) is 12.3. The normalized spacial score (nSPS) is 11.8. The Morgan fingerprint density at radius 2 is 2.13 bits per heavy atom. The number of carbonyl (C=O) groups is 1. The molecule has 0 spiro atoms. The highest BCUT2D eigenvalue weighted by Crippen LogP contribution is 2.30. The second kappa shape index (κ2) is 4.41. The Bertz CT molecular complexity index is 369. The molecule has 0 N–H and O–H groups in total. The Hall–Kier alpha value is -0.740. The van der Waals surface area contributed by atoms with Gasteiger partial charge in [0.15, 0.2) is 5.78 Å². The first-order valence-electron chi connectivity index (χ1n) is 5.01. The van der Waals surface area contributed by atoms with Crippen molar-refractivity contribution >= 4 is 17.1 Å². The van der Waals surface area contributed by atoms with Crippen molar-refractivity contribution in [1.82, 2.24) is 4.98 Å². The van der Waals surface area contributed by atoms with Gasteiger partial charge in [0, 0.05) is 13.5 Å². The van der Waals surface area contributed by atoms with Crippen LogP contribution in [0.15, 0.2) is 0 Å². The van der Waals surface area contributed by atoms with E-state index in [1.165, 1.54) is 11.3 Å². The van der Waals surface area contributed by atoms with Crippen LogP contribution in [0.4, 0.5) is 0 Å². The number of carbonyl (C=O) groups excluding carboxylic acids is 1. The second-order valence-corrected chi connectivity index (χ2v) is 4.93. The van der Waals surface area contributed by atoms with Crippen molar-refractivity contribution in [3.63, 3.8) is 0 Å². The van der Waals surface area contributed by atoms with E-state index in [1.807, 2.05) is 27.7 Å². The lowest BCUT2D eigenvalue weighted by Crippen LogP contribution is -2.21. The summed E-state index contributed by atoms with van der Waals surface area (Å²) in [5.41, 5.74) is 0.396. The van der Waals surface area contributed by atoms with Crippen LogP contribution in [0.2, 0.25) is 0 Å². The van der Waals surface area contributed by atoms with Crippen LogP contribution < -0.4 is 0 Å². The summed E-state index contributed by atoms with van der Waals surface area (Å²) in [5.74, 6) is 0.0727. The molecule has 0 radical (unpaired) electrons. The molecule has 0 bridgehead atoms. The highest BCUT2D eigenvalue weighted by Gasteiger charge is 2.26. The Morgan fingerprint density at radius 3 is 2.53 bits per heavy atom. The Balaban J connectivity index is 3.06. The minimum atomic E-state index is -0.405. The van der Waals surface area contributed by atoms with Gasteiger partial charge in [0.1, 0.15) is 10.6 Å². The third-order valence-corrected chi connectivity index (χ3v) is 3.70. The third-order valence-electron chi connectivity index (χ3n) is 2.14. The third kappa shape index (κ3) is 2.63. The van der Waals surface area contributed by atoms with Crippen LogP contribution >= 0.6 is 11.3 Å². The molecule has 0 unspecified atom stereocenters. The van der Waals surface area contributed by atoms with E-state index in [1.54, 1.807) is 6.92 Å². The van der Waals surface area contributed by atoms with E-state index >= 15 is 0 Å². The number of ketones is 1. The number of hydrogen-bond donors (Lipinski definition) is 0. The van der Waals surface area contributed by atoms with Crippen LogP contribution in [0.3, 0.4) is 0 Å². The van der Waals surface area contributed by atoms with Crippen LogP contribution in [0.25, 0.3) is 0 Å². The molecule has 0 aliphatic carbocycles. The molecule has 84 valence electrons. The number of hydrogen-bond acceptors (Lipinski definition) is 4. The molecule has 1 aromatic heterocycles. The van der Waals surface area contributed by atoms with Crippen molar-refractivity contribution in [2.75, 3.05) is 6.61 Å². The van der Waals surface area contributed by atoms with E-state index in [0.717, 1.165) is 15.6 Å². The van der Waals surface area contributed by atoms with E-state index in [2.05, 4.69) is 4.98 Å². The molecule has 0 atom stereocenters. The fourth-order valence-corrected chi connectivity index (χ4v) is 2.42. The van der Waals surface area contributed by atoms with Crippen molar-refractivity contribution in [2.45, 2.75) is 40.2 Å². The molecule has 0 saturated carbocycles. The SMILES string of the molecule is CCOC(C)(C)c1nc(C)c(C(C)=O)s1. The Kier molecular flexibility index (Phi) is 3.62. The van der Waals surface area contributed by atoms with E-state index in [0.29, 0.717) is 6.61 Å². The molecule has 0 aromatic carbocycles. The van der Waals surface area contributed by atoms with Gasteiger partial charge in [0.05, 0.1) is 10.6 Å². The summed E-state index contributed by atoms with van der Waals surface area (Å²) in [6.07, 6.45) is 0. The van der Waals surface area contributed by atoms with E-state index < -0.39 is 5.60 Å². The molecule has 1 rings (SSSR count). The fraction of sp³-hybridized carbons (Fsp3) is 0.636. The van der Waals surface area contributed by atoms with Gasteiger partial charge in [0.2, 0.25) is 0 Å². The molecular formula is C11H17NO2S. The maximum Gasteiger partial charge on any atom is 0.171 e. The van der Waals surface area contributed by atoms with Gasteiger partial charge in [-0.1, -0.05) is 0 Å². The van der Waals surface area contributed by atoms with Crippen LogP contribution in [-0.2, 0) is 10.3 Å². The Labute approximate surface area is 94.5 Å². The zero-order valence-electron chi connectivity index (χ0n) is 9.88. The zero-order chi connectivity index (χ0) is 11.6. The quantitative estimate of drug-likeness (QED) is 0.742. The molecule has 1 aromatic rings. The van der Waals surface area contributed by atoms with E-state index in [9.17, 15) is 4.79 Å². The van der Waals surface area contributed by atoms with E-state index in [4.69, 9.17) is 4.74 Å². The first-order chi connectivity index (χ1) is 6.88. The monoisotopic (exact) mass is 227 g/mol. The van der Waals surface area contributed by atoms with Gasteiger partial charge in [0.25, 0.3) is 0 Å². The molecule has 3 nitrogen and oxygen atoms in total. The number of aryl methyl sites for hydroxylation is 1. The maximum atomic E-state index is 11.3.